The summed E-state index contributed by atoms with van der Waals surface area (Å²) in [6.45, 7) is 7.58. The molecule has 1 fully saturated rings. The molecule has 0 saturated carbocycles. The molecule has 0 aromatic heterocycles. The van der Waals surface area contributed by atoms with Crippen LogP contribution < -0.4 is 14.8 Å². The van der Waals surface area contributed by atoms with Crippen LogP contribution in [0.25, 0.3) is 0 Å². The van der Waals surface area contributed by atoms with E-state index in [0.717, 1.165) is 31.6 Å². The van der Waals surface area contributed by atoms with Crippen molar-refractivity contribution >= 4 is 11.6 Å². The maximum Gasteiger partial charge on any atom is 0.179 e. The molecule has 1 heterocycles. The summed E-state index contributed by atoms with van der Waals surface area (Å²) in [7, 11) is 5.41. The predicted octanol–water partition coefficient (Wildman–Crippen LogP) is 2.08. The first-order valence-electron chi connectivity index (χ1n) is 8.16. The Hall–Kier alpha value is -1.01. The second-order valence-electron chi connectivity index (χ2n) is 5.95. The van der Waals surface area contributed by atoms with Crippen molar-refractivity contribution in [1.82, 2.24) is 15.1 Å². The third-order valence-electron chi connectivity index (χ3n) is 4.30. The molecule has 1 saturated heterocycles. The van der Waals surface area contributed by atoms with Crippen LogP contribution in [0, 0.1) is 0 Å². The smallest absolute Gasteiger partial charge is 0.179 e. The molecule has 1 aliphatic rings. The summed E-state index contributed by atoms with van der Waals surface area (Å²) in [5.41, 5.74) is 1.03. The Labute approximate surface area is 144 Å². The number of halogens is 1. The van der Waals surface area contributed by atoms with E-state index in [1.54, 1.807) is 14.2 Å². The Kier molecular flexibility index (Phi) is 7.43. The van der Waals surface area contributed by atoms with E-state index in [2.05, 4.69) is 22.2 Å². The third kappa shape index (κ3) is 5.24. The molecule has 2 rings (SSSR count). The van der Waals surface area contributed by atoms with Crippen molar-refractivity contribution in [2.75, 3.05) is 60.5 Å². The first kappa shape index (κ1) is 18.3. The number of likely N-dealkylation sites (N-methyl/N-ethyl adjacent to an activating group) is 1. The molecular formula is C17H28ClN3O2. The molecule has 0 radical (unpaired) electrons. The maximum absolute atomic E-state index is 6.38. The monoisotopic (exact) mass is 341 g/mol. The standard InChI is InChI=1S/C17H28ClN3O2/c1-20-9-11-21(12-10-20)8-4-7-19-13-14-5-6-15(22-2)17(23-3)16(14)18/h5-6,19H,4,7-13H2,1-3H3. The van der Waals surface area contributed by atoms with Gasteiger partial charge < -0.3 is 24.6 Å². The van der Waals surface area contributed by atoms with Crippen molar-refractivity contribution in [2.45, 2.75) is 13.0 Å². The van der Waals surface area contributed by atoms with Crippen LogP contribution in [-0.4, -0.2) is 70.3 Å². The number of rotatable bonds is 8. The Balaban J connectivity index is 1.72. The number of nitrogens with zero attached hydrogens (tertiary/aromatic N) is 2. The highest BCUT2D eigenvalue weighted by Crippen LogP contribution is 2.37. The summed E-state index contributed by atoms with van der Waals surface area (Å²) in [6.07, 6.45) is 1.15. The minimum absolute atomic E-state index is 0.603. The van der Waals surface area contributed by atoms with Gasteiger partial charge in [0.15, 0.2) is 11.5 Å². The molecule has 130 valence electrons. The first-order valence-corrected chi connectivity index (χ1v) is 8.54. The minimum Gasteiger partial charge on any atom is -0.493 e. The lowest BCUT2D eigenvalue weighted by Crippen LogP contribution is -2.45. The lowest BCUT2D eigenvalue weighted by atomic mass is 10.2. The van der Waals surface area contributed by atoms with Crippen molar-refractivity contribution in [1.29, 1.82) is 0 Å². The molecule has 0 unspecified atom stereocenters. The molecule has 5 nitrogen and oxygen atoms in total. The Morgan fingerprint density at radius 2 is 1.87 bits per heavy atom. The number of methoxy groups -OCH3 is 2. The van der Waals surface area contributed by atoms with Crippen LogP contribution >= 0.6 is 11.6 Å². The molecule has 6 heteroatoms. The SMILES string of the molecule is COc1ccc(CNCCCN2CCN(C)CC2)c(Cl)c1OC. The molecule has 1 aromatic carbocycles. The van der Waals surface area contributed by atoms with Gasteiger partial charge in [-0.25, -0.2) is 0 Å². The molecule has 0 aliphatic carbocycles. The van der Waals surface area contributed by atoms with Gasteiger partial charge in [-0.05, 0) is 38.2 Å². The Morgan fingerprint density at radius 1 is 1.13 bits per heavy atom. The van der Waals surface area contributed by atoms with Crippen LogP contribution in [-0.2, 0) is 6.54 Å². The van der Waals surface area contributed by atoms with Crippen LogP contribution in [0.5, 0.6) is 11.5 Å². The molecule has 0 bridgehead atoms. The summed E-state index contributed by atoms with van der Waals surface area (Å²) in [4.78, 5) is 4.92. The highest BCUT2D eigenvalue weighted by molar-refractivity contribution is 6.33. The average molecular weight is 342 g/mol. The van der Waals surface area contributed by atoms with Crippen molar-refractivity contribution in [3.05, 3.63) is 22.7 Å². The number of ether oxygens (including phenoxy) is 2. The van der Waals surface area contributed by atoms with Gasteiger partial charge in [-0.3, -0.25) is 0 Å². The van der Waals surface area contributed by atoms with Gasteiger partial charge in [0, 0.05) is 32.7 Å². The topological polar surface area (TPSA) is 37.0 Å². The summed E-state index contributed by atoms with van der Waals surface area (Å²) in [5, 5.41) is 4.09. The third-order valence-corrected chi connectivity index (χ3v) is 4.72. The van der Waals surface area contributed by atoms with Crippen LogP contribution in [0.3, 0.4) is 0 Å². The minimum atomic E-state index is 0.603. The molecule has 1 aliphatic heterocycles. The summed E-state index contributed by atoms with van der Waals surface area (Å²) < 4.78 is 10.6. The van der Waals surface area contributed by atoms with Crippen LogP contribution in [0.4, 0.5) is 0 Å². The predicted molar refractivity (Wildman–Crippen MR) is 94.8 cm³/mol. The summed E-state index contributed by atoms with van der Waals surface area (Å²) >= 11 is 6.38. The quantitative estimate of drug-likeness (QED) is 0.733. The zero-order chi connectivity index (χ0) is 16.7. The number of hydrogen-bond acceptors (Lipinski definition) is 5. The van der Waals surface area contributed by atoms with Gasteiger partial charge in [0.05, 0.1) is 19.2 Å². The van der Waals surface area contributed by atoms with Gasteiger partial charge in [0.25, 0.3) is 0 Å². The molecule has 23 heavy (non-hydrogen) atoms. The zero-order valence-corrected chi connectivity index (χ0v) is 15.2. The van der Waals surface area contributed by atoms with Crippen LogP contribution in [0.1, 0.15) is 12.0 Å². The number of hydrogen-bond donors (Lipinski definition) is 1. The number of piperazine rings is 1. The van der Waals surface area contributed by atoms with Gasteiger partial charge in [-0.1, -0.05) is 17.7 Å². The fraction of sp³-hybridized carbons (Fsp3) is 0.647. The highest BCUT2D eigenvalue weighted by atomic mass is 35.5. The molecule has 0 spiro atoms. The number of benzene rings is 1. The van der Waals surface area contributed by atoms with Gasteiger partial charge in [-0.2, -0.15) is 0 Å². The van der Waals surface area contributed by atoms with Crippen molar-refractivity contribution in [2.24, 2.45) is 0 Å². The van der Waals surface area contributed by atoms with Gasteiger partial charge in [-0.15, -0.1) is 0 Å². The molecule has 1 aromatic rings. The maximum atomic E-state index is 6.38. The van der Waals surface area contributed by atoms with Gasteiger partial charge in [0.2, 0.25) is 0 Å². The normalized spacial score (nSPS) is 16.5. The van der Waals surface area contributed by atoms with E-state index in [-0.39, 0.29) is 0 Å². The second kappa shape index (κ2) is 9.33. The van der Waals surface area contributed by atoms with E-state index in [1.807, 2.05) is 12.1 Å². The lowest BCUT2D eigenvalue weighted by molar-refractivity contribution is 0.153. The van der Waals surface area contributed by atoms with Crippen molar-refractivity contribution < 1.29 is 9.47 Å². The number of nitrogens with one attached hydrogen (secondary N) is 1. The average Bonchev–Trinajstić information content (AvgIpc) is 2.57. The first-order chi connectivity index (χ1) is 11.2. The van der Waals surface area contributed by atoms with E-state index in [4.69, 9.17) is 21.1 Å². The second-order valence-corrected chi connectivity index (χ2v) is 6.33. The Bertz CT molecular complexity index is 491. The van der Waals surface area contributed by atoms with Crippen LogP contribution in [0.15, 0.2) is 12.1 Å². The molecular weight excluding hydrogens is 314 g/mol. The summed E-state index contributed by atoms with van der Waals surface area (Å²) in [6, 6.07) is 3.88. The van der Waals surface area contributed by atoms with E-state index in [0.29, 0.717) is 16.5 Å². The van der Waals surface area contributed by atoms with Crippen molar-refractivity contribution in [3.63, 3.8) is 0 Å². The van der Waals surface area contributed by atoms with E-state index >= 15 is 0 Å². The van der Waals surface area contributed by atoms with E-state index in [1.165, 1.54) is 26.2 Å². The largest absolute Gasteiger partial charge is 0.493 e. The lowest BCUT2D eigenvalue weighted by Gasteiger charge is -2.32. The Morgan fingerprint density at radius 3 is 2.52 bits per heavy atom. The zero-order valence-electron chi connectivity index (χ0n) is 14.4. The van der Waals surface area contributed by atoms with E-state index in [9.17, 15) is 0 Å². The fourth-order valence-corrected chi connectivity index (χ4v) is 3.09. The molecule has 0 atom stereocenters. The van der Waals surface area contributed by atoms with Crippen LogP contribution in [0.2, 0.25) is 5.02 Å². The summed E-state index contributed by atoms with van der Waals surface area (Å²) in [5.74, 6) is 1.27. The van der Waals surface area contributed by atoms with Crippen molar-refractivity contribution in [3.8, 4) is 11.5 Å². The van der Waals surface area contributed by atoms with Gasteiger partial charge >= 0.3 is 0 Å². The highest BCUT2D eigenvalue weighted by Gasteiger charge is 2.14. The molecule has 0 amide bonds. The molecule has 1 N–H and O–H groups in total. The van der Waals surface area contributed by atoms with E-state index < -0.39 is 0 Å². The fourth-order valence-electron chi connectivity index (χ4n) is 2.79. The van der Waals surface area contributed by atoms with Gasteiger partial charge in [0.1, 0.15) is 0 Å².